The van der Waals surface area contributed by atoms with Gasteiger partial charge in [-0.3, -0.25) is 4.79 Å². The van der Waals surface area contributed by atoms with Crippen molar-refractivity contribution in [1.29, 1.82) is 0 Å². The highest BCUT2D eigenvalue weighted by Crippen LogP contribution is 2.37. The largest absolute Gasteiger partial charge is 0.490 e. The number of benzene rings is 2. The Morgan fingerprint density at radius 1 is 1.14 bits per heavy atom. The first-order chi connectivity index (χ1) is 13.4. The van der Waals surface area contributed by atoms with Crippen molar-refractivity contribution < 1.29 is 14.3 Å². The molecule has 152 valence electrons. The minimum absolute atomic E-state index is 0.100. The van der Waals surface area contributed by atoms with Crippen LogP contribution in [-0.2, 0) is 11.3 Å². The van der Waals surface area contributed by atoms with Gasteiger partial charge in [-0.25, -0.2) is 0 Å². The number of amides is 1. The average molecular weight is 449 g/mol. The summed E-state index contributed by atoms with van der Waals surface area (Å²) in [7, 11) is 0. The Balaban J connectivity index is 2.04. The third kappa shape index (κ3) is 6.84. The number of anilines is 1. The van der Waals surface area contributed by atoms with Crippen molar-refractivity contribution in [3.8, 4) is 11.5 Å². The normalized spacial score (nSPS) is 11.8. The van der Waals surface area contributed by atoms with Gasteiger partial charge in [-0.15, -0.1) is 0 Å². The van der Waals surface area contributed by atoms with Gasteiger partial charge < -0.3 is 20.1 Å². The fraction of sp³-hybridized carbons (Fsp3) is 0.409. The van der Waals surface area contributed by atoms with Gasteiger partial charge in [0.2, 0.25) is 0 Å². The number of nitrogens with one attached hydrogen (secondary N) is 2. The number of ether oxygens (including phenoxy) is 2. The lowest BCUT2D eigenvalue weighted by Crippen LogP contribution is -2.24. The van der Waals surface area contributed by atoms with E-state index in [1.54, 1.807) is 0 Å². The molecule has 1 unspecified atom stereocenters. The first kappa shape index (κ1) is 22.2. The number of hydrogen-bond acceptors (Lipinski definition) is 4. The van der Waals surface area contributed by atoms with Crippen molar-refractivity contribution in [2.45, 2.75) is 46.7 Å². The molecule has 0 aliphatic carbocycles. The quantitative estimate of drug-likeness (QED) is 0.532. The van der Waals surface area contributed by atoms with E-state index < -0.39 is 0 Å². The first-order valence-corrected chi connectivity index (χ1v) is 10.4. The van der Waals surface area contributed by atoms with Crippen molar-refractivity contribution in [1.82, 2.24) is 5.32 Å². The Bertz CT molecular complexity index is 778. The van der Waals surface area contributed by atoms with Crippen molar-refractivity contribution in [3.63, 3.8) is 0 Å². The minimum Gasteiger partial charge on any atom is -0.490 e. The van der Waals surface area contributed by atoms with Gasteiger partial charge in [-0.05, 0) is 73.0 Å². The predicted molar refractivity (Wildman–Crippen MR) is 117 cm³/mol. The van der Waals surface area contributed by atoms with Crippen LogP contribution in [0.4, 0.5) is 5.69 Å². The molecule has 2 aromatic carbocycles. The molecule has 0 bridgehead atoms. The molecular formula is C22H29BrN2O3. The van der Waals surface area contributed by atoms with E-state index in [-0.39, 0.29) is 12.5 Å². The molecule has 0 aliphatic rings. The monoisotopic (exact) mass is 448 g/mol. The fourth-order valence-electron chi connectivity index (χ4n) is 2.53. The molecule has 2 aromatic rings. The summed E-state index contributed by atoms with van der Waals surface area (Å²) in [5.74, 6) is 0.940. The van der Waals surface area contributed by atoms with Crippen LogP contribution < -0.4 is 20.1 Å². The summed E-state index contributed by atoms with van der Waals surface area (Å²) in [6, 6.07) is 12.0. The molecule has 2 N–H and O–H groups in total. The van der Waals surface area contributed by atoms with Crippen molar-refractivity contribution in [3.05, 3.63) is 52.0 Å². The third-order valence-corrected chi connectivity index (χ3v) is 4.91. The zero-order valence-corrected chi connectivity index (χ0v) is 18.6. The molecule has 0 aliphatic heterocycles. The van der Waals surface area contributed by atoms with Crippen LogP contribution in [0.2, 0.25) is 0 Å². The Kier molecular flexibility index (Phi) is 8.80. The number of rotatable bonds is 10. The molecule has 5 nitrogen and oxygen atoms in total. The molecule has 0 fully saturated rings. The second kappa shape index (κ2) is 11.1. The SMILES string of the molecule is CCOc1cc(CNC(C)CC)cc(Br)c1OCC(=O)Nc1ccc(C)cc1. The molecule has 0 heterocycles. The van der Waals surface area contributed by atoms with Crippen LogP contribution in [0.1, 0.15) is 38.3 Å². The Morgan fingerprint density at radius 2 is 1.86 bits per heavy atom. The second-order valence-corrected chi connectivity index (χ2v) is 7.59. The third-order valence-electron chi connectivity index (χ3n) is 4.32. The van der Waals surface area contributed by atoms with E-state index in [1.165, 1.54) is 0 Å². The van der Waals surface area contributed by atoms with Crippen LogP contribution in [0, 0.1) is 6.92 Å². The Labute approximate surface area is 175 Å². The van der Waals surface area contributed by atoms with E-state index in [2.05, 4.69) is 40.4 Å². The second-order valence-electron chi connectivity index (χ2n) is 6.73. The van der Waals surface area contributed by atoms with Gasteiger partial charge >= 0.3 is 0 Å². The number of aryl methyl sites for hydroxylation is 1. The summed E-state index contributed by atoms with van der Waals surface area (Å²) in [4.78, 5) is 12.2. The summed E-state index contributed by atoms with van der Waals surface area (Å²) in [6.45, 7) is 9.38. The van der Waals surface area contributed by atoms with Crippen LogP contribution in [0.25, 0.3) is 0 Å². The number of carbonyl (C=O) groups excluding carboxylic acids is 1. The number of carbonyl (C=O) groups is 1. The van der Waals surface area contributed by atoms with Gasteiger partial charge in [0.15, 0.2) is 18.1 Å². The summed E-state index contributed by atoms with van der Waals surface area (Å²) in [5.41, 5.74) is 2.98. The van der Waals surface area contributed by atoms with Crippen LogP contribution in [0.5, 0.6) is 11.5 Å². The van der Waals surface area contributed by atoms with E-state index in [9.17, 15) is 4.79 Å². The van der Waals surface area contributed by atoms with Crippen molar-refractivity contribution in [2.75, 3.05) is 18.5 Å². The lowest BCUT2D eigenvalue weighted by atomic mass is 10.1. The van der Waals surface area contributed by atoms with Gasteiger partial charge in [0.25, 0.3) is 5.91 Å². The average Bonchev–Trinajstić information content (AvgIpc) is 2.67. The summed E-state index contributed by atoms with van der Waals surface area (Å²) >= 11 is 3.55. The zero-order chi connectivity index (χ0) is 20.5. The maximum atomic E-state index is 12.2. The van der Waals surface area contributed by atoms with E-state index in [1.807, 2.05) is 50.2 Å². The Morgan fingerprint density at radius 3 is 2.50 bits per heavy atom. The van der Waals surface area contributed by atoms with E-state index in [0.717, 1.165) is 34.3 Å². The van der Waals surface area contributed by atoms with Crippen LogP contribution in [-0.4, -0.2) is 25.2 Å². The molecule has 0 radical (unpaired) electrons. The predicted octanol–water partition coefficient (Wildman–Crippen LogP) is 5.06. The lowest BCUT2D eigenvalue weighted by molar-refractivity contribution is -0.118. The zero-order valence-electron chi connectivity index (χ0n) is 17.0. The van der Waals surface area contributed by atoms with E-state index in [4.69, 9.17) is 9.47 Å². The molecule has 1 amide bonds. The first-order valence-electron chi connectivity index (χ1n) is 9.60. The van der Waals surface area contributed by atoms with Crippen LogP contribution >= 0.6 is 15.9 Å². The van der Waals surface area contributed by atoms with Gasteiger partial charge in [0, 0.05) is 18.3 Å². The maximum Gasteiger partial charge on any atom is 0.262 e. The van der Waals surface area contributed by atoms with Gasteiger partial charge in [-0.1, -0.05) is 24.6 Å². The number of halogens is 1. The summed E-state index contributed by atoms with van der Waals surface area (Å²) < 4.78 is 12.3. The highest BCUT2D eigenvalue weighted by molar-refractivity contribution is 9.10. The lowest BCUT2D eigenvalue weighted by Gasteiger charge is -2.17. The highest BCUT2D eigenvalue weighted by Gasteiger charge is 2.14. The molecular weight excluding hydrogens is 420 g/mol. The van der Waals surface area contributed by atoms with Gasteiger partial charge in [0.05, 0.1) is 11.1 Å². The van der Waals surface area contributed by atoms with E-state index >= 15 is 0 Å². The molecule has 0 spiro atoms. The summed E-state index contributed by atoms with van der Waals surface area (Å²) in [6.07, 6.45) is 1.07. The maximum absolute atomic E-state index is 12.2. The molecule has 1 atom stereocenters. The molecule has 6 heteroatoms. The van der Waals surface area contributed by atoms with Crippen LogP contribution in [0.15, 0.2) is 40.9 Å². The van der Waals surface area contributed by atoms with E-state index in [0.29, 0.717) is 24.1 Å². The molecule has 0 saturated carbocycles. The van der Waals surface area contributed by atoms with Crippen molar-refractivity contribution >= 4 is 27.5 Å². The van der Waals surface area contributed by atoms with Gasteiger partial charge in [-0.2, -0.15) is 0 Å². The highest BCUT2D eigenvalue weighted by atomic mass is 79.9. The topological polar surface area (TPSA) is 59.6 Å². The summed E-state index contributed by atoms with van der Waals surface area (Å²) in [5, 5.41) is 6.30. The molecule has 28 heavy (non-hydrogen) atoms. The fourth-order valence-corrected chi connectivity index (χ4v) is 3.14. The number of hydrogen-bond donors (Lipinski definition) is 2. The molecule has 0 aromatic heterocycles. The van der Waals surface area contributed by atoms with Gasteiger partial charge in [0.1, 0.15) is 0 Å². The molecule has 2 rings (SSSR count). The minimum atomic E-state index is -0.222. The molecule has 0 saturated heterocycles. The van der Waals surface area contributed by atoms with Crippen molar-refractivity contribution in [2.24, 2.45) is 0 Å². The Hall–Kier alpha value is -2.05. The smallest absolute Gasteiger partial charge is 0.262 e. The van der Waals surface area contributed by atoms with Crippen LogP contribution in [0.3, 0.4) is 0 Å². The standard InChI is InChI=1S/C22H29BrN2O3/c1-5-16(4)24-13-17-11-19(23)22(20(12-17)27-6-2)28-14-21(26)25-18-9-7-15(3)8-10-18/h7-12,16,24H,5-6,13-14H2,1-4H3,(H,25,26).